The van der Waals surface area contributed by atoms with Crippen LogP contribution in [0.5, 0.6) is 0 Å². The van der Waals surface area contributed by atoms with Crippen molar-refractivity contribution in [3.05, 3.63) is 58.1 Å². The van der Waals surface area contributed by atoms with Crippen LogP contribution < -0.4 is 27.2 Å². The number of piperidine rings is 1. The van der Waals surface area contributed by atoms with Crippen LogP contribution in [0.1, 0.15) is 0 Å². The third-order valence-electron chi connectivity index (χ3n) is 4.72. The average Bonchev–Trinajstić information content (AvgIpc) is 2.53. The number of carbonyl (C=O) groups is 2. The number of fused-ring (bicyclic) bond motifs is 1. The average molecular weight is 293 g/mol. The molecule has 2 aliphatic carbocycles. The molecule has 4 rings (SSSR count). The van der Waals surface area contributed by atoms with Gasteiger partial charge in [0.1, 0.15) is 6.04 Å². The number of amides is 1. The molecule has 5 nitrogen and oxygen atoms in total. The van der Waals surface area contributed by atoms with Crippen LogP contribution in [0, 0.1) is 5.41 Å². The number of hydrogen-bond acceptors (Lipinski definition) is 4. The molecule has 1 aromatic rings. The van der Waals surface area contributed by atoms with Crippen molar-refractivity contribution < 1.29 is 9.59 Å². The lowest BCUT2D eigenvalue weighted by atomic mass is 9.63. The second kappa shape index (κ2) is 4.18. The first-order valence-corrected chi connectivity index (χ1v) is 7.13. The maximum absolute atomic E-state index is 12.1. The van der Waals surface area contributed by atoms with Gasteiger partial charge in [-0.3, -0.25) is 9.59 Å². The van der Waals surface area contributed by atoms with E-state index in [1.54, 1.807) is 0 Å². The van der Waals surface area contributed by atoms with Crippen LogP contribution in [-0.4, -0.2) is 24.3 Å². The lowest BCUT2D eigenvalue weighted by Crippen LogP contribution is -2.60. The molecule has 5 heteroatoms. The van der Waals surface area contributed by atoms with E-state index >= 15 is 0 Å². The van der Waals surface area contributed by atoms with Crippen molar-refractivity contribution in [3.63, 3.8) is 0 Å². The van der Waals surface area contributed by atoms with Gasteiger partial charge in [-0.2, -0.15) is 0 Å². The lowest BCUT2D eigenvalue weighted by molar-refractivity contribution is -0.122. The van der Waals surface area contributed by atoms with Crippen LogP contribution in [-0.2, 0) is 9.59 Å². The molecule has 1 amide bonds. The molecule has 0 saturated carbocycles. The second-order valence-electron chi connectivity index (χ2n) is 5.84. The summed E-state index contributed by atoms with van der Waals surface area (Å²) in [5, 5.41) is 4.70. The highest BCUT2D eigenvalue weighted by atomic mass is 16.2. The smallest absolute Gasteiger partial charge is 0.241 e. The molecule has 2 atom stereocenters. The zero-order valence-electron chi connectivity index (χ0n) is 11.8. The number of benzene rings is 1. The van der Waals surface area contributed by atoms with Gasteiger partial charge in [-0.1, -0.05) is 30.3 Å². The Morgan fingerprint density at radius 1 is 1.23 bits per heavy atom. The minimum absolute atomic E-state index is 0.207. The molecule has 3 aliphatic rings. The molecule has 1 heterocycles. The van der Waals surface area contributed by atoms with Gasteiger partial charge in [0.15, 0.2) is 0 Å². The highest BCUT2D eigenvalue weighted by molar-refractivity contribution is 6.09. The molecule has 5 N–H and O–H groups in total. The summed E-state index contributed by atoms with van der Waals surface area (Å²) in [6.45, 7) is 0.361. The molecular formula is C17H15N3O2. The molecule has 1 aliphatic heterocycles. The first kappa shape index (κ1) is 13.0. The Hall–Kier alpha value is -2.66. The number of carbonyl (C=O) groups excluding carboxylic acids is 2. The van der Waals surface area contributed by atoms with Gasteiger partial charge >= 0.3 is 0 Å². The number of nitrogens with one attached hydrogen (secondary N) is 1. The third-order valence-corrected chi connectivity index (χ3v) is 4.72. The molecule has 2 unspecified atom stereocenters. The van der Waals surface area contributed by atoms with Crippen molar-refractivity contribution in [3.8, 4) is 0 Å². The molecule has 1 aromatic carbocycles. The van der Waals surface area contributed by atoms with Crippen molar-refractivity contribution in [1.82, 2.24) is 5.32 Å². The molecule has 1 saturated heterocycles. The summed E-state index contributed by atoms with van der Waals surface area (Å²) in [6.07, 6.45) is 5.23. The molecule has 1 spiro atoms. The number of allylic oxidation sites excluding steroid dienone is 1. The summed E-state index contributed by atoms with van der Waals surface area (Å²) < 4.78 is 0. The Morgan fingerprint density at radius 2 is 2.00 bits per heavy atom. The van der Waals surface area contributed by atoms with Gasteiger partial charge in [0.2, 0.25) is 11.7 Å². The monoisotopic (exact) mass is 293 g/mol. The van der Waals surface area contributed by atoms with Crippen LogP contribution in [0.2, 0.25) is 0 Å². The Labute approximate surface area is 126 Å². The topological polar surface area (TPSA) is 98.2 Å². The Morgan fingerprint density at radius 3 is 2.82 bits per heavy atom. The molecule has 22 heavy (non-hydrogen) atoms. The third kappa shape index (κ3) is 1.46. The fraction of sp³-hybridized carbons (Fsp3) is 0.176. The fourth-order valence-electron chi connectivity index (χ4n) is 3.64. The van der Waals surface area contributed by atoms with E-state index < -0.39 is 11.5 Å². The normalized spacial score (nSPS) is 29.3. The maximum atomic E-state index is 12.1. The van der Waals surface area contributed by atoms with E-state index in [9.17, 15) is 9.59 Å². The van der Waals surface area contributed by atoms with Crippen LogP contribution >= 0.6 is 0 Å². The number of hydrogen-bond donors (Lipinski definition) is 3. The van der Waals surface area contributed by atoms with Crippen molar-refractivity contribution in [2.24, 2.45) is 16.9 Å². The molecular weight excluding hydrogens is 278 g/mol. The van der Waals surface area contributed by atoms with E-state index in [0.717, 1.165) is 21.6 Å². The van der Waals surface area contributed by atoms with Crippen LogP contribution in [0.15, 0.2) is 47.7 Å². The summed E-state index contributed by atoms with van der Waals surface area (Å²) in [5.41, 5.74) is 13.4. The van der Waals surface area contributed by atoms with Crippen molar-refractivity contribution >= 4 is 23.3 Å². The largest absolute Gasteiger partial charge is 0.395 e. The van der Waals surface area contributed by atoms with E-state index in [1.807, 2.05) is 36.4 Å². The Balaban J connectivity index is 2.19. The van der Waals surface area contributed by atoms with Gasteiger partial charge in [0.05, 0.1) is 11.1 Å². The first-order valence-electron chi connectivity index (χ1n) is 7.13. The lowest BCUT2D eigenvalue weighted by Gasteiger charge is -2.44. The van der Waals surface area contributed by atoms with Crippen molar-refractivity contribution in [2.45, 2.75) is 6.04 Å². The minimum atomic E-state index is -0.760. The molecule has 0 bridgehead atoms. The van der Waals surface area contributed by atoms with Gasteiger partial charge in [-0.25, -0.2) is 0 Å². The van der Waals surface area contributed by atoms with E-state index in [4.69, 9.17) is 11.5 Å². The van der Waals surface area contributed by atoms with Gasteiger partial charge in [0, 0.05) is 6.54 Å². The summed E-state index contributed by atoms with van der Waals surface area (Å²) in [4.78, 5) is 24.0. The fourth-order valence-corrected chi connectivity index (χ4v) is 3.64. The van der Waals surface area contributed by atoms with Crippen LogP contribution in [0.25, 0.3) is 11.6 Å². The van der Waals surface area contributed by atoms with E-state index in [0.29, 0.717) is 6.54 Å². The van der Waals surface area contributed by atoms with Crippen molar-refractivity contribution in [2.75, 3.05) is 6.54 Å². The van der Waals surface area contributed by atoms with E-state index in [2.05, 4.69) is 5.32 Å². The predicted molar refractivity (Wildman–Crippen MR) is 82.3 cm³/mol. The summed E-state index contributed by atoms with van der Waals surface area (Å²) >= 11 is 0. The van der Waals surface area contributed by atoms with Gasteiger partial charge in [-0.05, 0) is 33.7 Å². The zero-order chi connectivity index (χ0) is 15.5. The number of ketones is 1. The first-order chi connectivity index (χ1) is 10.5. The van der Waals surface area contributed by atoms with E-state index in [-0.39, 0.29) is 17.4 Å². The summed E-state index contributed by atoms with van der Waals surface area (Å²) in [5.74, 6) is -0.415. The SMILES string of the molecule is NC1=C2C=c3ccccc3=C3C(N)C(=O)NCC23C=CC1=O. The maximum Gasteiger partial charge on any atom is 0.241 e. The molecule has 1 fully saturated rings. The van der Waals surface area contributed by atoms with Crippen molar-refractivity contribution in [1.29, 1.82) is 0 Å². The number of rotatable bonds is 0. The summed E-state index contributed by atoms with van der Waals surface area (Å²) in [7, 11) is 0. The molecule has 0 radical (unpaired) electrons. The standard InChI is InChI=1S/C17H15N3O2/c18-14-11-7-9-3-1-2-4-10(9)13-15(19)16(22)20-8-17(11,13)6-5-12(14)21/h1-7,15H,8,18-19H2,(H,20,22). The zero-order valence-corrected chi connectivity index (χ0v) is 11.8. The minimum Gasteiger partial charge on any atom is -0.395 e. The van der Waals surface area contributed by atoms with Crippen LogP contribution in [0.4, 0.5) is 0 Å². The van der Waals surface area contributed by atoms with Gasteiger partial charge in [-0.15, -0.1) is 0 Å². The quantitative estimate of drug-likeness (QED) is 0.538. The highest BCUT2D eigenvalue weighted by Crippen LogP contribution is 2.45. The van der Waals surface area contributed by atoms with E-state index in [1.165, 1.54) is 6.08 Å². The second-order valence-corrected chi connectivity index (χ2v) is 5.84. The summed E-state index contributed by atoms with van der Waals surface area (Å²) in [6, 6.07) is 6.97. The van der Waals surface area contributed by atoms with Gasteiger partial charge in [0.25, 0.3) is 0 Å². The van der Waals surface area contributed by atoms with Crippen LogP contribution in [0.3, 0.4) is 0 Å². The Bertz CT molecular complexity index is 910. The number of nitrogens with two attached hydrogens (primary N) is 2. The molecule has 0 aromatic heterocycles. The van der Waals surface area contributed by atoms with Gasteiger partial charge < -0.3 is 16.8 Å². The Kier molecular flexibility index (Phi) is 2.47. The predicted octanol–water partition coefficient (Wildman–Crippen LogP) is -1.57. The highest BCUT2D eigenvalue weighted by Gasteiger charge is 2.48. The molecule has 110 valence electrons.